The van der Waals surface area contributed by atoms with Gasteiger partial charge in [0.25, 0.3) is 0 Å². The van der Waals surface area contributed by atoms with Crippen LogP contribution < -0.4 is 4.74 Å². The summed E-state index contributed by atoms with van der Waals surface area (Å²) in [5, 5.41) is 9.75. The van der Waals surface area contributed by atoms with E-state index < -0.39 is 0 Å². The van der Waals surface area contributed by atoms with Crippen LogP contribution in [0.1, 0.15) is 22.3 Å². The van der Waals surface area contributed by atoms with E-state index in [1.165, 1.54) is 12.1 Å². The maximum absolute atomic E-state index is 12.1. The Morgan fingerprint density at radius 3 is 2.41 bits per heavy atom. The van der Waals surface area contributed by atoms with Gasteiger partial charge in [-0.05, 0) is 35.9 Å². The lowest BCUT2D eigenvalue weighted by molar-refractivity contribution is -0.117. The molecule has 5 heteroatoms. The number of Topliss-reactive ketones (excluding diaryl/α,β-unsaturated/α-hetero) is 2. The van der Waals surface area contributed by atoms with Crippen molar-refractivity contribution in [2.24, 2.45) is 0 Å². The van der Waals surface area contributed by atoms with Crippen molar-refractivity contribution in [2.75, 3.05) is 7.11 Å². The predicted molar refractivity (Wildman–Crippen MR) is 86.5 cm³/mol. The van der Waals surface area contributed by atoms with E-state index in [1.807, 2.05) is 0 Å². The van der Waals surface area contributed by atoms with Crippen LogP contribution in [0.5, 0.6) is 11.5 Å². The third kappa shape index (κ3) is 4.18. The lowest BCUT2D eigenvalue weighted by Gasteiger charge is -2.05. The highest BCUT2D eigenvalue weighted by Gasteiger charge is 2.16. The Bertz CT molecular complexity index is 692. The van der Waals surface area contributed by atoms with Gasteiger partial charge in [-0.3, -0.25) is 9.59 Å². The summed E-state index contributed by atoms with van der Waals surface area (Å²) in [4.78, 5) is 24.0. The molecule has 0 amide bonds. The standard InChI is InChI=1S/C17H15BrO4/c1-22-14-5-2-11(3-6-14)8-13(19)10-17(21)15-7-4-12(18)9-16(15)20/h2-7,9,20H,8,10H2,1H3. The van der Waals surface area contributed by atoms with Crippen molar-refractivity contribution in [2.45, 2.75) is 12.8 Å². The zero-order chi connectivity index (χ0) is 16.1. The third-order valence-electron chi connectivity index (χ3n) is 3.18. The van der Waals surface area contributed by atoms with Crippen molar-refractivity contribution < 1.29 is 19.4 Å². The number of aromatic hydroxyl groups is 1. The van der Waals surface area contributed by atoms with Crippen molar-refractivity contribution >= 4 is 27.5 Å². The Kier molecular flexibility index (Phi) is 5.33. The van der Waals surface area contributed by atoms with E-state index in [9.17, 15) is 14.7 Å². The molecule has 0 aromatic heterocycles. The smallest absolute Gasteiger partial charge is 0.173 e. The minimum Gasteiger partial charge on any atom is -0.507 e. The number of phenols is 1. The monoisotopic (exact) mass is 362 g/mol. The highest BCUT2D eigenvalue weighted by atomic mass is 79.9. The van der Waals surface area contributed by atoms with Crippen LogP contribution >= 0.6 is 15.9 Å². The van der Waals surface area contributed by atoms with Crippen LogP contribution in [0.2, 0.25) is 0 Å². The number of methoxy groups -OCH3 is 1. The van der Waals surface area contributed by atoms with Gasteiger partial charge < -0.3 is 9.84 Å². The van der Waals surface area contributed by atoms with Crippen molar-refractivity contribution in [1.29, 1.82) is 0 Å². The average molecular weight is 363 g/mol. The maximum atomic E-state index is 12.1. The molecule has 0 bridgehead atoms. The highest BCUT2D eigenvalue weighted by Crippen LogP contribution is 2.23. The van der Waals surface area contributed by atoms with E-state index in [0.717, 1.165) is 5.56 Å². The Morgan fingerprint density at radius 1 is 1.14 bits per heavy atom. The summed E-state index contributed by atoms with van der Waals surface area (Å²) >= 11 is 3.20. The molecule has 0 aliphatic carbocycles. The summed E-state index contributed by atoms with van der Waals surface area (Å²) in [5.74, 6) is 0.00433. The van der Waals surface area contributed by atoms with E-state index in [4.69, 9.17) is 4.74 Å². The molecule has 22 heavy (non-hydrogen) atoms. The van der Waals surface area contributed by atoms with Gasteiger partial charge in [-0.15, -0.1) is 0 Å². The molecular formula is C17H15BrO4. The predicted octanol–water partition coefficient (Wildman–Crippen LogP) is 3.55. The second kappa shape index (κ2) is 7.22. The molecule has 0 aliphatic rings. The summed E-state index contributed by atoms with van der Waals surface area (Å²) in [5.41, 5.74) is 0.977. The van der Waals surface area contributed by atoms with Gasteiger partial charge in [-0.2, -0.15) is 0 Å². The molecule has 0 unspecified atom stereocenters. The summed E-state index contributed by atoms with van der Waals surface area (Å²) in [6.45, 7) is 0. The Balaban J connectivity index is 2.00. The van der Waals surface area contributed by atoms with Gasteiger partial charge in [0.1, 0.15) is 17.3 Å². The van der Waals surface area contributed by atoms with Crippen LogP contribution in [-0.4, -0.2) is 23.8 Å². The SMILES string of the molecule is COc1ccc(CC(=O)CC(=O)c2ccc(Br)cc2O)cc1. The topological polar surface area (TPSA) is 63.6 Å². The van der Waals surface area contributed by atoms with Crippen molar-refractivity contribution in [3.05, 3.63) is 58.1 Å². The van der Waals surface area contributed by atoms with E-state index >= 15 is 0 Å². The molecular weight excluding hydrogens is 348 g/mol. The number of rotatable bonds is 6. The number of ether oxygens (including phenoxy) is 1. The Morgan fingerprint density at radius 2 is 1.82 bits per heavy atom. The third-order valence-corrected chi connectivity index (χ3v) is 3.67. The van der Waals surface area contributed by atoms with Crippen LogP contribution in [0.3, 0.4) is 0 Å². The van der Waals surface area contributed by atoms with Gasteiger partial charge >= 0.3 is 0 Å². The van der Waals surface area contributed by atoms with Gasteiger partial charge in [-0.1, -0.05) is 28.1 Å². The molecule has 0 atom stereocenters. The maximum Gasteiger partial charge on any atom is 0.173 e. The van der Waals surface area contributed by atoms with E-state index in [2.05, 4.69) is 15.9 Å². The Labute approximate surface area is 136 Å². The first-order valence-corrected chi connectivity index (χ1v) is 7.45. The molecule has 0 heterocycles. The molecule has 114 valence electrons. The number of carbonyl (C=O) groups is 2. The lowest BCUT2D eigenvalue weighted by Crippen LogP contribution is -2.10. The fourth-order valence-corrected chi connectivity index (χ4v) is 2.40. The lowest BCUT2D eigenvalue weighted by atomic mass is 10.0. The van der Waals surface area contributed by atoms with E-state index in [1.54, 1.807) is 37.4 Å². The van der Waals surface area contributed by atoms with Crippen molar-refractivity contribution in [1.82, 2.24) is 0 Å². The molecule has 0 radical (unpaired) electrons. The highest BCUT2D eigenvalue weighted by molar-refractivity contribution is 9.10. The number of carbonyl (C=O) groups excluding carboxylic acids is 2. The molecule has 4 nitrogen and oxygen atoms in total. The summed E-state index contributed by atoms with van der Waals surface area (Å²) in [7, 11) is 1.57. The first-order valence-electron chi connectivity index (χ1n) is 6.66. The molecule has 2 aromatic carbocycles. The van der Waals surface area contributed by atoms with Crippen LogP contribution in [-0.2, 0) is 11.2 Å². The molecule has 2 rings (SSSR count). The average Bonchev–Trinajstić information content (AvgIpc) is 2.47. The van der Waals surface area contributed by atoms with Crippen LogP contribution in [0.15, 0.2) is 46.9 Å². The first-order chi connectivity index (χ1) is 10.5. The fraction of sp³-hybridized carbons (Fsp3) is 0.176. The van der Waals surface area contributed by atoms with Crippen LogP contribution in [0.4, 0.5) is 0 Å². The summed E-state index contributed by atoms with van der Waals surface area (Å²) < 4.78 is 5.72. The second-order valence-electron chi connectivity index (χ2n) is 4.82. The normalized spacial score (nSPS) is 10.3. The zero-order valence-corrected chi connectivity index (χ0v) is 13.6. The zero-order valence-electron chi connectivity index (χ0n) is 12.0. The van der Waals surface area contributed by atoms with E-state index in [-0.39, 0.29) is 35.7 Å². The first kappa shape index (κ1) is 16.2. The molecule has 1 N–H and O–H groups in total. The second-order valence-corrected chi connectivity index (χ2v) is 5.74. The number of hydrogen-bond acceptors (Lipinski definition) is 4. The largest absolute Gasteiger partial charge is 0.507 e. The number of hydrogen-bond donors (Lipinski definition) is 1. The molecule has 0 saturated carbocycles. The summed E-state index contributed by atoms with van der Waals surface area (Å²) in [6, 6.07) is 11.7. The van der Waals surface area contributed by atoms with Gasteiger partial charge in [0.05, 0.1) is 19.1 Å². The molecule has 0 saturated heterocycles. The minimum absolute atomic E-state index is 0.128. The number of phenolic OH excluding ortho intramolecular Hbond substituents is 1. The quantitative estimate of drug-likeness (QED) is 0.630. The fourth-order valence-electron chi connectivity index (χ4n) is 2.05. The molecule has 0 aliphatic heterocycles. The van der Waals surface area contributed by atoms with Crippen molar-refractivity contribution in [3.8, 4) is 11.5 Å². The Hall–Kier alpha value is -2.14. The number of halogens is 1. The minimum atomic E-state index is -0.386. The van der Waals surface area contributed by atoms with Gasteiger partial charge in [0.2, 0.25) is 0 Å². The van der Waals surface area contributed by atoms with Crippen LogP contribution in [0, 0.1) is 0 Å². The van der Waals surface area contributed by atoms with Gasteiger partial charge in [0, 0.05) is 10.9 Å². The molecule has 2 aromatic rings. The number of ketones is 2. The number of benzene rings is 2. The van der Waals surface area contributed by atoms with Gasteiger partial charge in [-0.25, -0.2) is 0 Å². The van der Waals surface area contributed by atoms with Crippen LogP contribution in [0.25, 0.3) is 0 Å². The molecule has 0 spiro atoms. The van der Waals surface area contributed by atoms with Crippen molar-refractivity contribution in [3.63, 3.8) is 0 Å². The van der Waals surface area contributed by atoms with Gasteiger partial charge in [0.15, 0.2) is 5.78 Å². The summed E-state index contributed by atoms with van der Waals surface area (Å²) in [6.07, 6.45) is -0.0613. The van der Waals surface area contributed by atoms with E-state index in [0.29, 0.717) is 10.2 Å². The molecule has 0 fully saturated rings.